The van der Waals surface area contributed by atoms with E-state index in [1.165, 1.54) is 17.0 Å². The predicted octanol–water partition coefficient (Wildman–Crippen LogP) is 5.52. The maximum absolute atomic E-state index is 14.1. The minimum Gasteiger partial charge on any atom is -0.481 e. The van der Waals surface area contributed by atoms with Crippen molar-refractivity contribution in [3.8, 4) is 5.75 Å². The first kappa shape index (κ1) is 26.4. The van der Waals surface area contributed by atoms with E-state index in [1.54, 1.807) is 12.1 Å². The Morgan fingerprint density at radius 1 is 0.971 bits per heavy atom. The molecule has 0 heterocycles. The van der Waals surface area contributed by atoms with Crippen LogP contribution in [-0.2, 0) is 22.6 Å². The van der Waals surface area contributed by atoms with Gasteiger partial charge < -0.3 is 15.0 Å². The molecule has 0 fully saturated rings. The van der Waals surface area contributed by atoms with Gasteiger partial charge in [0.1, 0.15) is 6.04 Å². The zero-order valence-electron chi connectivity index (χ0n) is 19.9. The molecule has 5 nitrogen and oxygen atoms in total. The molecule has 0 radical (unpaired) electrons. The third-order valence-corrected chi connectivity index (χ3v) is 6.25. The van der Waals surface area contributed by atoms with Crippen molar-refractivity contribution >= 4 is 27.7 Å². The van der Waals surface area contributed by atoms with Crippen molar-refractivity contribution in [2.75, 3.05) is 6.61 Å². The highest BCUT2D eigenvalue weighted by molar-refractivity contribution is 9.10. The fraction of sp³-hybridized carbons (Fsp3) is 0.286. The van der Waals surface area contributed by atoms with Gasteiger partial charge in [0.25, 0.3) is 5.91 Å². The van der Waals surface area contributed by atoms with E-state index in [-0.39, 0.29) is 30.9 Å². The van der Waals surface area contributed by atoms with Crippen LogP contribution in [0.3, 0.4) is 0 Å². The maximum atomic E-state index is 14.1. The van der Waals surface area contributed by atoms with Gasteiger partial charge in [0.15, 0.2) is 18.2 Å². The molecule has 7 heteroatoms. The molecular weight excluding hydrogens is 511 g/mol. The summed E-state index contributed by atoms with van der Waals surface area (Å²) in [6, 6.07) is 22.3. The number of nitrogens with one attached hydrogen (secondary N) is 1. The summed E-state index contributed by atoms with van der Waals surface area (Å²) in [5, 5.41) is 3.02. The van der Waals surface area contributed by atoms with Crippen molar-refractivity contribution < 1.29 is 18.7 Å². The van der Waals surface area contributed by atoms with E-state index in [2.05, 4.69) is 21.2 Å². The SMILES string of the molecule is CC[C@@H](C)NC(=O)[C@H](Cc1ccccc1)N(Cc1ccc(Br)cc1)C(=O)COc1ccccc1F. The average Bonchev–Trinajstić information content (AvgIpc) is 2.87. The number of carbonyl (C=O) groups is 2. The molecule has 35 heavy (non-hydrogen) atoms. The van der Waals surface area contributed by atoms with Crippen molar-refractivity contribution in [2.45, 2.75) is 45.3 Å². The van der Waals surface area contributed by atoms with E-state index in [0.717, 1.165) is 22.0 Å². The fourth-order valence-electron chi connectivity index (χ4n) is 3.57. The molecule has 0 unspecified atom stereocenters. The highest BCUT2D eigenvalue weighted by Crippen LogP contribution is 2.19. The van der Waals surface area contributed by atoms with E-state index in [1.807, 2.05) is 68.4 Å². The van der Waals surface area contributed by atoms with Crippen molar-refractivity contribution in [3.05, 3.63) is 100 Å². The first-order valence-corrected chi connectivity index (χ1v) is 12.4. The number of carbonyl (C=O) groups excluding carboxylic acids is 2. The Kier molecular flexibility index (Phi) is 9.85. The third kappa shape index (κ3) is 7.92. The molecule has 3 aromatic rings. The lowest BCUT2D eigenvalue weighted by atomic mass is 10.0. The molecule has 0 aromatic heterocycles. The van der Waals surface area contributed by atoms with Crippen LogP contribution in [-0.4, -0.2) is 35.4 Å². The lowest BCUT2D eigenvalue weighted by Crippen LogP contribution is -2.53. The molecule has 0 saturated carbocycles. The summed E-state index contributed by atoms with van der Waals surface area (Å²) in [6.45, 7) is 3.74. The van der Waals surface area contributed by atoms with E-state index >= 15 is 0 Å². The maximum Gasteiger partial charge on any atom is 0.261 e. The molecule has 0 aliphatic rings. The molecule has 3 rings (SSSR count). The van der Waals surface area contributed by atoms with Gasteiger partial charge in [-0.15, -0.1) is 0 Å². The van der Waals surface area contributed by atoms with Crippen LogP contribution in [0.1, 0.15) is 31.4 Å². The Labute approximate surface area is 214 Å². The number of benzene rings is 3. The lowest BCUT2D eigenvalue weighted by Gasteiger charge is -2.32. The third-order valence-electron chi connectivity index (χ3n) is 5.73. The predicted molar refractivity (Wildman–Crippen MR) is 138 cm³/mol. The Balaban J connectivity index is 1.91. The summed E-state index contributed by atoms with van der Waals surface area (Å²) in [5.41, 5.74) is 1.79. The van der Waals surface area contributed by atoms with Gasteiger partial charge in [-0.3, -0.25) is 9.59 Å². The van der Waals surface area contributed by atoms with Gasteiger partial charge in [0.05, 0.1) is 0 Å². The van der Waals surface area contributed by atoms with E-state index in [4.69, 9.17) is 4.74 Å². The Morgan fingerprint density at radius 2 is 1.63 bits per heavy atom. The minimum absolute atomic E-state index is 0.00638. The zero-order chi connectivity index (χ0) is 25.2. The van der Waals surface area contributed by atoms with Gasteiger partial charge in [-0.1, -0.05) is 77.5 Å². The number of halogens is 2. The molecule has 0 aliphatic carbocycles. The summed E-state index contributed by atoms with van der Waals surface area (Å²) in [5.74, 6) is -1.20. The normalized spacial score (nSPS) is 12.5. The molecule has 1 N–H and O–H groups in total. The molecule has 0 saturated heterocycles. The first-order valence-electron chi connectivity index (χ1n) is 11.6. The number of nitrogens with zero attached hydrogens (tertiary/aromatic N) is 1. The van der Waals surface area contributed by atoms with Crippen LogP contribution in [0.2, 0.25) is 0 Å². The summed E-state index contributed by atoms with van der Waals surface area (Å²) in [7, 11) is 0. The number of hydrogen-bond acceptors (Lipinski definition) is 3. The van der Waals surface area contributed by atoms with Crippen LogP contribution in [0.15, 0.2) is 83.3 Å². The smallest absolute Gasteiger partial charge is 0.261 e. The second-order valence-corrected chi connectivity index (χ2v) is 9.31. The number of amides is 2. The van der Waals surface area contributed by atoms with Gasteiger partial charge in [-0.2, -0.15) is 0 Å². The first-order chi connectivity index (χ1) is 16.9. The number of hydrogen-bond donors (Lipinski definition) is 1. The van der Waals surface area contributed by atoms with Crippen LogP contribution in [0.5, 0.6) is 5.75 Å². The highest BCUT2D eigenvalue weighted by Gasteiger charge is 2.31. The average molecular weight is 541 g/mol. The topological polar surface area (TPSA) is 58.6 Å². The van der Waals surface area contributed by atoms with Crippen molar-refractivity contribution in [1.82, 2.24) is 10.2 Å². The van der Waals surface area contributed by atoms with Crippen LogP contribution >= 0.6 is 15.9 Å². The molecule has 2 atom stereocenters. The molecule has 0 spiro atoms. The standard InChI is InChI=1S/C28H30BrFN2O3/c1-3-20(2)31-28(34)25(17-21-9-5-4-6-10-21)32(18-22-13-15-23(29)16-14-22)27(33)19-35-26-12-8-7-11-24(26)30/h4-16,20,25H,3,17-19H2,1-2H3,(H,31,34)/t20-,25+/m1/s1. The summed E-state index contributed by atoms with van der Waals surface area (Å²) in [6.07, 6.45) is 1.10. The summed E-state index contributed by atoms with van der Waals surface area (Å²) in [4.78, 5) is 28.4. The Morgan fingerprint density at radius 3 is 2.29 bits per heavy atom. The quantitative estimate of drug-likeness (QED) is 0.348. The Hall–Kier alpha value is -3.19. The Bertz CT molecular complexity index is 1110. The van der Waals surface area contributed by atoms with E-state index < -0.39 is 17.8 Å². The second kappa shape index (κ2) is 13.0. The van der Waals surface area contributed by atoms with Crippen LogP contribution < -0.4 is 10.1 Å². The zero-order valence-corrected chi connectivity index (χ0v) is 21.5. The molecule has 2 amide bonds. The molecule has 0 aliphatic heterocycles. The fourth-order valence-corrected chi connectivity index (χ4v) is 3.83. The molecule has 184 valence electrons. The van der Waals surface area contributed by atoms with Gasteiger partial charge in [0, 0.05) is 23.5 Å². The van der Waals surface area contributed by atoms with Crippen LogP contribution in [0.25, 0.3) is 0 Å². The molecule has 3 aromatic carbocycles. The monoisotopic (exact) mass is 540 g/mol. The second-order valence-electron chi connectivity index (χ2n) is 8.39. The van der Waals surface area contributed by atoms with E-state index in [9.17, 15) is 14.0 Å². The van der Waals surface area contributed by atoms with Crippen molar-refractivity contribution in [1.29, 1.82) is 0 Å². The van der Waals surface area contributed by atoms with Gasteiger partial charge >= 0.3 is 0 Å². The van der Waals surface area contributed by atoms with Crippen molar-refractivity contribution in [3.63, 3.8) is 0 Å². The summed E-state index contributed by atoms with van der Waals surface area (Å²) >= 11 is 3.43. The largest absolute Gasteiger partial charge is 0.481 e. The number of rotatable bonds is 11. The van der Waals surface area contributed by atoms with Gasteiger partial charge in [-0.05, 0) is 48.7 Å². The number of para-hydroxylation sites is 1. The van der Waals surface area contributed by atoms with Crippen LogP contribution in [0.4, 0.5) is 4.39 Å². The molecule has 0 bridgehead atoms. The van der Waals surface area contributed by atoms with Gasteiger partial charge in [0.2, 0.25) is 5.91 Å². The van der Waals surface area contributed by atoms with Crippen molar-refractivity contribution in [2.24, 2.45) is 0 Å². The highest BCUT2D eigenvalue weighted by atomic mass is 79.9. The summed E-state index contributed by atoms with van der Waals surface area (Å²) < 4.78 is 20.5. The van der Waals surface area contributed by atoms with Gasteiger partial charge in [-0.25, -0.2) is 4.39 Å². The lowest BCUT2D eigenvalue weighted by molar-refractivity contribution is -0.143. The van der Waals surface area contributed by atoms with E-state index in [0.29, 0.717) is 6.42 Å². The van der Waals surface area contributed by atoms with Crippen LogP contribution in [0, 0.1) is 5.82 Å². The minimum atomic E-state index is -0.772. The molecular formula is C28H30BrFN2O3. The number of ether oxygens (including phenoxy) is 1.